The fourth-order valence-electron chi connectivity index (χ4n) is 3.65. The van der Waals surface area contributed by atoms with E-state index in [2.05, 4.69) is 15.0 Å². The van der Waals surface area contributed by atoms with Gasteiger partial charge >= 0.3 is 6.03 Å². The molecule has 4 aromatic rings. The van der Waals surface area contributed by atoms with Gasteiger partial charge in [-0.1, -0.05) is 24.3 Å². The highest BCUT2D eigenvalue weighted by Crippen LogP contribution is 2.27. The molecule has 1 aromatic heterocycles. The highest BCUT2D eigenvalue weighted by Gasteiger charge is 2.20. The van der Waals surface area contributed by atoms with E-state index in [-0.39, 0.29) is 23.4 Å². The van der Waals surface area contributed by atoms with Crippen molar-refractivity contribution in [2.45, 2.75) is 11.4 Å². The Labute approximate surface area is 221 Å². The Morgan fingerprint density at radius 1 is 0.816 bits per heavy atom. The number of sulfonamides is 1. The Morgan fingerprint density at radius 2 is 1.47 bits per heavy atom. The second kappa shape index (κ2) is 11.6. The fourth-order valence-corrected chi connectivity index (χ4v) is 4.71. The van der Waals surface area contributed by atoms with Gasteiger partial charge in [-0.05, 0) is 72.3 Å². The number of pyridine rings is 1. The van der Waals surface area contributed by atoms with Gasteiger partial charge in [0.05, 0.1) is 16.3 Å². The van der Waals surface area contributed by atoms with Crippen molar-refractivity contribution in [3.8, 4) is 0 Å². The van der Waals surface area contributed by atoms with Gasteiger partial charge in [-0.25, -0.2) is 13.2 Å². The molecule has 194 valence electrons. The number of carbonyl (C=O) groups is 2. The molecule has 3 aromatic carbocycles. The molecule has 0 bridgehead atoms. The highest BCUT2D eigenvalue weighted by atomic mass is 32.2. The van der Waals surface area contributed by atoms with Crippen molar-refractivity contribution in [2.24, 2.45) is 0 Å². The maximum absolute atomic E-state index is 13.2. The molecule has 0 atom stereocenters. The molecule has 10 heteroatoms. The third-order valence-electron chi connectivity index (χ3n) is 5.58. The molecule has 0 fully saturated rings. The van der Waals surface area contributed by atoms with Gasteiger partial charge in [0, 0.05) is 44.3 Å². The van der Waals surface area contributed by atoms with Crippen molar-refractivity contribution >= 4 is 39.0 Å². The quantitative estimate of drug-likeness (QED) is 0.346. The molecule has 0 saturated carbocycles. The lowest BCUT2D eigenvalue weighted by molar-refractivity contribution is 0.0827. The van der Waals surface area contributed by atoms with Crippen LogP contribution in [0.2, 0.25) is 0 Å². The van der Waals surface area contributed by atoms with Crippen molar-refractivity contribution in [1.29, 1.82) is 0 Å². The van der Waals surface area contributed by atoms with Crippen LogP contribution in [0.4, 0.5) is 21.9 Å². The second-order valence-electron chi connectivity index (χ2n) is 8.57. The van der Waals surface area contributed by atoms with E-state index in [4.69, 9.17) is 0 Å². The first-order valence-electron chi connectivity index (χ1n) is 11.7. The fraction of sp³-hybridized carbons (Fsp3) is 0.107. The van der Waals surface area contributed by atoms with Crippen molar-refractivity contribution in [3.05, 3.63) is 115 Å². The Bertz CT molecular complexity index is 1490. The Kier molecular flexibility index (Phi) is 8.03. The molecule has 4 rings (SSSR count). The number of hydrogen-bond donors (Lipinski definition) is 2. The molecule has 3 amide bonds. The molecule has 0 saturated heterocycles. The van der Waals surface area contributed by atoms with Gasteiger partial charge in [-0.2, -0.15) is 0 Å². The average Bonchev–Trinajstić information content (AvgIpc) is 2.93. The van der Waals surface area contributed by atoms with E-state index in [1.54, 1.807) is 69.0 Å². The van der Waals surface area contributed by atoms with Gasteiger partial charge < -0.3 is 10.2 Å². The van der Waals surface area contributed by atoms with Crippen LogP contribution in [0.3, 0.4) is 0 Å². The third kappa shape index (κ3) is 6.34. The first-order chi connectivity index (χ1) is 18.2. The zero-order chi connectivity index (χ0) is 27.1. The molecule has 1 heterocycles. The summed E-state index contributed by atoms with van der Waals surface area (Å²) in [5, 5.41) is 2.88. The maximum atomic E-state index is 13.2. The number of nitrogens with zero attached hydrogens (tertiary/aromatic N) is 3. The van der Waals surface area contributed by atoms with E-state index in [1.165, 1.54) is 34.1 Å². The van der Waals surface area contributed by atoms with E-state index < -0.39 is 10.0 Å². The minimum Gasteiger partial charge on any atom is -0.345 e. The molecule has 2 N–H and O–H groups in total. The minimum absolute atomic E-state index is 0.0264. The van der Waals surface area contributed by atoms with Gasteiger partial charge in [0.1, 0.15) is 0 Å². The molecular formula is C28H27N5O4S. The van der Waals surface area contributed by atoms with Crippen LogP contribution >= 0.6 is 0 Å². The largest absolute Gasteiger partial charge is 0.345 e. The normalized spacial score (nSPS) is 10.9. The second-order valence-corrected chi connectivity index (χ2v) is 10.2. The summed E-state index contributed by atoms with van der Waals surface area (Å²) in [6.07, 6.45) is 3.33. The number of rotatable bonds is 8. The summed E-state index contributed by atoms with van der Waals surface area (Å²) in [6.45, 7) is 0.283. The summed E-state index contributed by atoms with van der Waals surface area (Å²) in [4.78, 5) is 32.3. The van der Waals surface area contributed by atoms with Crippen molar-refractivity contribution < 1.29 is 18.0 Å². The molecule has 38 heavy (non-hydrogen) atoms. The van der Waals surface area contributed by atoms with Gasteiger partial charge in [0.2, 0.25) is 0 Å². The molecule has 0 unspecified atom stereocenters. The van der Waals surface area contributed by atoms with E-state index in [1.807, 2.05) is 24.3 Å². The van der Waals surface area contributed by atoms with Crippen LogP contribution in [0.15, 0.2) is 108 Å². The van der Waals surface area contributed by atoms with E-state index in [0.717, 1.165) is 5.56 Å². The van der Waals surface area contributed by atoms with Crippen LogP contribution in [-0.4, -0.2) is 44.3 Å². The summed E-state index contributed by atoms with van der Waals surface area (Å²) in [5.74, 6) is -0.178. The number of urea groups is 1. The number of benzene rings is 3. The number of nitrogens with one attached hydrogen (secondary N) is 2. The number of amides is 3. The molecule has 0 aliphatic heterocycles. The van der Waals surface area contributed by atoms with Gasteiger partial charge in [0.25, 0.3) is 15.9 Å². The van der Waals surface area contributed by atoms with Crippen molar-refractivity contribution in [2.75, 3.05) is 23.7 Å². The lowest BCUT2D eigenvalue weighted by Gasteiger charge is -2.23. The van der Waals surface area contributed by atoms with Crippen LogP contribution in [0, 0.1) is 0 Å². The Morgan fingerprint density at radius 3 is 2.08 bits per heavy atom. The lowest BCUT2D eigenvalue weighted by atomic mass is 10.2. The summed E-state index contributed by atoms with van der Waals surface area (Å²) in [5.41, 5.74) is 2.73. The van der Waals surface area contributed by atoms with Crippen LogP contribution in [0.1, 0.15) is 15.9 Å². The molecule has 0 aliphatic carbocycles. The van der Waals surface area contributed by atoms with E-state index in [9.17, 15) is 18.0 Å². The number of para-hydroxylation sites is 1. The summed E-state index contributed by atoms with van der Waals surface area (Å²) < 4.78 is 28.5. The maximum Gasteiger partial charge on any atom is 0.326 e. The molecule has 9 nitrogen and oxygen atoms in total. The summed E-state index contributed by atoms with van der Waals surface area (Å²) in [6, 6.07) is 24.6. The number of aromatic nitrogens is 1. The lowest BCUT2D eigenvalue weighted by Crippen LogP contribution is -2.36. The van der Waals surface area contributed by atoms with E-state index in [0.29, 0.717) is 22.6 Å². The molecular weight excluding hydrogens is 502 g/mol. The Hall–Kier alpha value is -4.70. The van der Waals surface area contributed by atoms with Gasteiger partial charge in [0.15, 0.2) is 0 Å². The topological polar surface area (TPSA) is 112 Å². The van der Waals surface area contributed by atoms with Crippen LogP contribution < -0.4 is 14.9 Å². The first kappa shape index (κ1) is 26.4. The van der Waals surface area contributed by atoms with E-state index >= 15 is 0 Å². The minimum atomic E-state index is -3.91. The van der Waals surface area contributed by atoms with Crippen LogP contribution in [-0.2, 0) is 16.6 Å². The summed E-state index contributed by atoms with van der Waals surface area (Å²) >= 11 is 0. The zero-order valence-corrected chi connectivity index (χ0v) is 21.7. The molecule has 0 spiro atoms. The Balaban J connectivity index is 1.53. The first-order valence-corrected chi connectivity index (χ1v) is 13.2. The van der Waals surface area contributed by atoms with Crippen molar-refractivity contribution in [3.63, 3.8) is 0 Å². The van der Waals surface area contributed by atoms with Crippen LogP contribution in [0.5, 0.6) is 0 Å². The average molecular weight is 530 g/mol. The molecule has 0 aliphatic rings. The highest BCUT2D eigenvalue weighted by molar-refractivity contribution is 7.92. The predicted molar refractivity (Wildman–Crippen MR) is 147 cm³/mol. The monoisotopic (exact) mass is 529 g/mol. The smallest absolute Gasteiger partial charge is 0.326 e. The van der Waals surface area contributed by atoms with Gasteiger partial charge in [-0.15, -0.1) is 0 Å². The summed E-state index contributed by atoms with van der Waals surface area (Å²) in [7, 11) is -0.618. The zero-order valence-electron chi connectivity index (χ0n) is 20.9. The SMILES string of the molecule is CN(C)C(=O)c1ccc(NS(=O)(=O)c2ccc(N(C(=O)NCc3cccnc3)c3ccccc3)cc2)cc1. The number of carbonyl (C=O) groups excluding carboxylic acids is 2. The molecule has 0 radical (unpaired) electrons. The third-order valence-corrected chi connectivity index (χ3v) is 6.98. The van der Waals surface area contributed by atoms with Crippen molar-refractivity contribution in [1.82, 2.24) is 15.2 Å². The standard InChI is InChI=1S/C28H27N5O4S/c1-32(2)27(34)22-10-12-23(13-11-22)31-38(36,37)26-16-14-25(15-17-26)33(24-8-4-3-5-9-24)28(35)30-20-21-7-6-18-29-19-21/h3-19,31H,20H2,1-2H3,(H,30,35). The number of anilines is 3. The van der Waals surface area contributed by atoms with Gasteiger partial charge in [-0.3, -0.25) is 19.4 Å². The predicted octanol–water partition coefficient (Wildman–Crippen LogP) is 4.63. The number of hydrogen-bond acceptors (Lipinski definition) is 5. The van der Waals surface area contributed by atoms with Crippen LogP contribution in [0.25, 0.3) is 0 Å².